The molecule has 2 amide bonds. The number of carboxylic acids is 1. The van der Waals surface area contributed by atoms with Crippen LogP contribution >= 0.6 is 0 Å². The van der Waals surface area contributed by atoms with Crippen molar-refractivity contribution in [2.45, 2.75) is 12.0 Å². The molecule has 1 saturated heterocycles. The molecule has 0 aliphatic carbocycles. The molecule has 0 saturated carbocycles. The van der Waals surface area contributed by atoms with Crippen LogP contribution in [-0.4, -0.2) is 62.8 Å². The van der Waals surface area contributed by atoms with Gasteiger partial charge < -0.3 is 20.5 Å². The zero-order valence-electron chi connectivity index (χ0n) is 9.93. The third-order valence-corrected chi connectivity index (χ3v) is 3.49. The van der Waals surface area contributed by atoms with Crippen molar-refractivity contribution >= 4 is 21.8 Å². The average Bonchev–Trinajstić information content (AvgIpc) is 2.65. The lowest BCUT2D eigenvalue weighted by molar-refractivity contribution is -0.144. The number of sulfone groups is 1. The standard InChI is InChI=1S/C9H16N2O6S/c1-18(15,16)5-3-10-8(14)11-9(7(12)13)2-4-17-6-9/h2-6H2,1H3,(H,12,13)(H2,10,11,14). The highest BCUT2D eigenvalue weighted by Gasteiger charge is 2.43. The minimum atomic E-state index is -3.16. The molecule has 1 rings (SSSR count). The van der Waals surface area contributed by atoms with Gasteiger partial charge in [-0.25, -0.2) is 18.0 Å². The minimum Gasteiger partial charge on any atom is -0.479 e. The number of carbonyl (C=O) groups excluding carboxylic acids is 1. The third kappa shape index (κ3) is 4.15. The predicted octanol–water partition coefficient (Wildman–Crippen LogP) is -1.43. The highest BCUT2D eigenvalue weighted by Crippen LogP contribution is 2.18. The van der Waals surface area contributed by atoms with Gasteiger partial charge in [-0.3, -0.25) is 0 Å². The molecule has 8 nitrogen and oxygen atoms in total. The number of amides is 2. The van der Waals surface area contributed by atoms with E-state index in [0.717, 1.165) is 6.26 Å². The summed E-state index contributed by atoms with van der Waals surface area (Å²) >= 11 is 0. The van der Waals surface area contributed by atoms with E-state index in [0.29, 0.717) is 0 Å². The SMILES string of the molecule is CS(=O)(=O)CCNC(=O)NC1(C(=O)O)CCOC1. The van der Waals surface area contributed by atoms with E-state index in [9.17, 15) is 18.0 Å². The molecule has 9 heteroatoms. The van der Waals surface area contributed by atoms with E-state index < -0.39 is 27.4 Å². The van der Waals surface area contributed by atoms with Crippen LogP contribution in [0.25, 0.3) is 0 Å². The van der Waals surface area contributed by atoms with Gasteiger partial charge in [0.2, 0.25) is 0 Å². The van der Waals surface area contributed by atoms with Gasteiger partial charge in [0, 0.05) is 25.8 Å². The second-order valence-electron chi connectivity index (χ2n) is 4.20. The Kier molecular flexibility index (Phi) is 4.52. The maximum Gasteiger partial charge on any atom is 0.332 e. The Balaban J connectivity index is 2.46. The Morgan fingerprint density at radius 3 is 2.56 bits per heavy atom. The minimum absolute atomic E-state index is 0.0682. The van der Waals surface area contributed by atoms with E-state index in [-0.39, 0.29) is 31.9 Å². The Bertz CT molecular complexity index is 426. The van der Waals surface area contributed by atoms with Crippen molar-refractivity contribution in [2.24, 2.45) is 0 Å². The first kappa shape index (κ1) is 14.7. The predicted molar refractivity (Wildman–Crippen MR) is 62.0 cm³/mol. The van der Waals surface area contributed by atoms with Crippen molar-refractivity contribution in [1.29, 1.82) is 0 Å². The fraction of sp³-hybridized carbons (Fsp3) is 0.778. The molecule has 0 spiro atoms. The van der Waals surface area contributed by atoms with Crippen LogP contribution in [0.5, 0.6) is 0 Å². The van der Waals surface area contributed by atoms with Crippen LogP contribution in [0.1, 0.15) is 6.42 Å². The Morgan fingerprint density at radius 2 is 2.11 bits per heavy atom. The highest BCUT2D eigenvalue weighted by atomic mass is 32.2. The summed E-state index contributed by atoms with van der Waals surface area (Å²) < 4.78 is 26.6. The molecule has 1 heterocycles. The van der Waals surface area contributed by atoms with Crippen molar-refractivity contribution < 1.29 is 27.9 Å². The maximum absolute atomic E-state index is 11.5. The fourth-order valence-electron chi connectivity index (χ4n) is 1.50. The summed E-state index contributed by atoms with van der Waals surface area (Å²) in [5.41, 5.74) is -1.42. The molecule has 3 N–H and O–H groups in total. The van der Waals surface area contributed by atoms with Crippen LogP contribution in [0.4, 0.5) is 4.79 Å². The number of carbonyl (C=O) groups is 2. The van der Waals surface area contributed by atoms with E-state index >= 15 is 0 Å². The fourth-order valence-corrected chi connectivity index (χ4v) is 1.97. The number of ether oxygens (including phenoxy) is 1. The van der Waals surface area contributed by atoms with Gasteiger partial charge >= 0.3 is 12.0 Å². The van der Waals surface area contributed by atoms with Gasteiger partial charge in [0.15, 0.2) is 5.54 Å². The first-order valence-corrected chi connectivity index (χ1v) is 7.36. The van der Waals surface area contributed by atoms with Crippen LogP contribution in [-0.2, 0) is 19.4 Å². The summed E-state index contributed by atoms with van der Waals surface area (Å²) in [7, 11) is -3.16. The normalized spacial score (nSPS) is 23.6. The molecule has 18 heavy (non-hydrogen) atoms. The molecule has 1 atom stereocenters. The van der Waals surface area contributed by atoms with Gasteiger partial charge in [0.1, 0.15) is 9.84 Å². The van der Waals surface area contributed by atoms with Crippen LogP contribution < -0.4 is 10.6 Å². The quantitative estimate of drug-likeness (QED) is 0.568. The highest BCUT2D eigenvalue weighted by molar-refractivity contribution is 7.90. The largest absolute Gasteiger partial charge is 0.479 e. The maximum atomic E-state index is 11.5. The van der Waals surface area contributed by atoms with E-state index in [4.69, 9.17) is 9.84 Å². The summed E-state index contributed by atoms with van der Waals surface area (Å²) in [6.45, 7) is 0.0962. The number of hydrogen-bond donors (Lipinski definition) is 3. The number of rotatable bonds is 5. The lowest BCUT2D eigenvalue weighted by atomic mass is 9.99. The van der Waals surface area contributed by atoms with Crippen molar-refractivity contribution in [3.8, 4) is 0 Å². The van der Waals surface area contributed by atoms with Crippen molar-refractivity contribution in [3.05, 3.63) is 0 Å². The smallest absolute Gasteiger partial charge is 0.332 e. The second kappa shape index (κ2) is 5.53. The lowest BCUT2D eigenvalue weighted by Gasteiger charge is -2.23. The molecular weight excluding hydrogens is 264 g/mol. The number of aliphatic carboxylic acids is 1. The molecule has 0 radical (unpaired) electrons. The molecule has 104 valence electrons. The van der Waals surface area contributed by atoms with Crippen LogP contribution in [0.15, 0.2) is 0 Å². The van der Waals surface area contributed by atoms with Gasteiger partial charge in [-0.05, 0) is 0 Å². The molecule has 1 unspecified atom stereocenters. The number of urea groups is 1. The third-order valence-electron chi connectivity index (χ3n) is 2.54. The first-order valence-electron chi connectivity index (χ1n) is 5.30. The average molecular weight is 280 g/mol. The summed E-state index contributed by atoms with van der Waals surface area (Å²) in [6, 6.07) is -0.716. The molecule has 1 aliphatic heterocycles. The Morgan fingerprint density at radius 1 is 1.44 bits per heavy atom. The molecule has 0 aromatic heterocycles. The molecule has 1 aliphatic rings. The van der Waals surface area contributed by atoms with Crippen LogP contribution in [0, 0.1) is 0 Å². The summed E-state index contributed by atoms with van der Waals surface area (Å²) in [5.74, 6) is -1.37. The van der Waals surface area contributed by atoms with Crippen molar-refractivity contribution in [2.75, 3.05) is 31.8 Å². The number of carboxylic acid groups (broad SMARTS) is 1. The lowest BCUT2D eigenvalue weighted by Crippen LogP contribution is -2.58. The van der Waals surface area contributed by atoms with Crippen LogP contribution in [0.3, 0.4) is 0 Å². The number of hydrogen-bond acceptors (Lipinski definition) is 5. The van der Waals surface area contributed by atoms with Crippen LogP contribution in [0.2, 0.25) is 0 Å². The zero-order chi connectivity index (χ0) is 13.8. The van der Waals surface area contributed by atoms with E-state index in [1.807, 2.05) is 0 Å². The molecule has 0 aromatic carbocycles. The van der Waals surface area contributed by atoms with E-state index in [1.165, 1.54) is 0 Å². The number of nitrogens with one attached hydrogen (secondary N) is 2. The Hall–Kier alpha value is -1.35. The molecule has 1 fully saturated rings. The molecular formula is C9H16N2O6S. The first-order chi connectivity index (χ1) is 8.25. The summed E-state index contributed by atoms with van der Waals surface area (Å²) in [4.78, 5) is 22.5. The summed E-state index contributed by atoms with van der Waals surface area (Å²) in [6.07, 6.45) is 1.23. The van der Waals surface area contributed by atoms with Gasteiger partial charge in [-0.2, -0.15) is 0 Å². The van der Waals surface area contributed by atoms with Gasteiger partial charge in [0.05, 0.1) is 12.4 Å². The van der Waals surface area contributed by atoms with E-state index in [1.54, 1.807) is 0 Å². The molecule has 0 bridgehead atoms. The van der Waals surface area contributed by atoms with Crippen molar-refractivity contribution in [3.63, 3.8) is 0 Å². The monoisotopic (exact) mass is 280 g/mol. The second-order valence-corrected chi connectivity index (χ2v) is 6.46. The Labute approximate surface area is 105 Å². The van der Waals surface area contributed by atoms with Crippen molar-refractivity contribution in [1.82, 2.24) is 10.6 Å². The van der Waals surface area contributed by atoms with Gasteiger partial charge in [-0.1, -0.05) is 0 Å². The molecule has 0 aromatic rings. The van der Waals surface area contributed by atoms with E-state index in [2.05, 4.69) is 10.6 Å². The van der Waals surface area contributed by atoms with Gasteiger partial charge in [0.25, 0.3) is 0 Å². The van der Waals surface area contributed by atoms with Gasteiger partial charge in [-0.15, -0.1) is 0 Å². The summed E-state index contributed by atoms with van der Waals surface area (Å²) in [5, 5.41) is 13.7. The zero-order valence-corrected chi connectivity index (χ0v) is 10.7. The topological polar surface area (TPSA) is 122 Å².